The summed E-state index contributed by atoms with van der Waals surface area (Å²) in [7, 11) is 0. The lowest BCUT2D eigenvalue weighted by Crippen LogP contribution is -1.97. The van der Waals surface area contributed by atoms with Crippen molar-refractivity contribution in [1.29, 1.82) is 0 Å². The maximum absolute atomic E-state index is 5.17. The van der Waals surface area contributed by atoms with Gasteiger partial charge in [-0.3, -0.25) is 8.97 Å². The smallest absolute Gasteiger partial charge is 0.145 e. The highest BCUT2D eigenvalue weighted by Crippen LogP contribution is 2.38. The van der Waals surface area contributed by atoms with Gasteiger partial charge in [-0.15, -0.1) is 0 Å². The van der Waals surface area contributed by atoms with Crippen molar-refractivity contribution in [1.82, 2.24) is 18.9 Å². The second kappa shape index (κ2) is 13.4. The highest BCUT2D eigenvalue weighted by atomic mass is 15.1. The molecule has 0 N–H and O–H groups in total. The lowest BCUT2D eigenvalue weighted by atomic mass is 9.92. The molecule has 0 bridgehead atoms. The number of benzene rings is 7. The molecule has 54 heavy (non-hydrogen) atoms. The lowest BCUT2D eigenvalue weighted by Gasteiger charge is -2.13. The number of para-hydroxylation sites is 1. The second-order valence-corrected chi connectivity index (χ2v) is 13.5. The first-order valence-electron chi connectivity index (χ1n) is 18.2. The molecule has 0 spiro atoms. The standard InChI is InChI=1S/C50H34N4/c1-5-16-35(17-6-1)41-31-42(38-22-15-23-40(30-38)48-49(36-18-7-2-8-19-36)53-29-14-13-26-47(53)52-48)33-43(32-41)39-27-28-45-46(34-39)54(44-24-11-4-12-25-44)50(51-45)37-20-9-3-10-21-37/h1-34H. The van der Waals surface area contributed by atoms with Crippen molar-refractivity contribution >= 4 is 16.7 Å². The molecule has 0 aliphatic rings. The van der Waals surface area contributed by atoms with Crippen LogP contribution in [0.25, 0.3) is 89.7 Å². The molecule has 3 aromatic heterocycles. The molecule has 0 amide bonds. The van der Waals surface area contributed by atoms with Crippen molar-refractivity contribution in [3.63, 3.8) is 0 Å². The third kappa shape index (κ3) is 5.67. The SMILES string of the molecule is c1ccc(-c2cc(-c3cccc(-c4nc5ccccn5c4-c4ccccc4)c3)cc(-c3ccc4nc(-c5ccccc5)n(-c5ccccc5)c4c3)c2)cc1. The molecular formula is C50H34N4. The largest absolute Gasteiger partial charge is 0.299 e. The number of hydrogen-bond donors (Lipinski definition) is 0. The summed E-state index contributed by atoms with van der Waals surface area (Å²) in [5.74, 6) is 0.923. The fourth-order valence-corrected chi connectivity index (χ4v) is 7.55. The van der Waals surface area contributed by atoms with Crippen LogP contribution in [0.15, 0.2) is 206 Å². The van der Waals surface area contributed by atoms with E-state index in [1.807, 2.05) is 12.1 Å². The quantitative estimate of drug-likeness (QED) is 0.167. The molecule has 4 nitrogen and oxygen atoms in total. The van der Waals surface area contributed by atoms with Gasteiger partial charge >= 0.3 is 0 Å². The number of aromatic nitrogens is 4. The van der Waals surface area contributed by atoms with Crippen LogP contribution in [0.1, 0.15) is 0 Å². The van der Waals surface area contributed by atoms with E-state index in [1.54, 1.807) is 0 Å². The highest BCUT2D eigenvalue weighted by molar-refractivity contribution is 5.90. The fourth-order valence-electron chi connectivity index (χ4n) is 7.55. The first kappa shape index (κ1) is 31.4. The van der Waals surface area contributed by atoms with E-state index in [1.165, 1.54) is 5.56 Å². The molecule has 0 aliphatic carbocycles. The molecule has 10 rings (SSSR count). The Balaban J connectivity index is 1.15. The molecule has 3 heterocycles. The van der Waals surface area contributed by atoms with Crippen molar-refractivity contribution in [3.05, 3.63) is 206 Å². The molecule has 0 aliphatic heterocycles. The Morgan fingerprint density at radius 2 is 0.889 bits per heavy atom. The third-order valence-electron chi connectivity index (χ3n) is 10.1. The Morgan fingerprint density at radius 3 is 1.59 bits per heavy atom. The zero-order valence-corrected chi connectivity index (χ0v) is 29.4. The average molecular weight is 691 g/mol. The Hall–Kier alpha value is -7.30. The Kier molecular flexibility index (Phi) is 7.77. The van der Waals surface area contributed by atoms with Gasteiger partial charge in [0.2, 0.25) is 0 Å². The summed E-state index contributed by atoms with van der Waals surface area (Å²) in [5, 5.41) is 0. The number of imidazole rings is 2. The molecule has 0 radical (unpaired) electrons. The van der Waals surface area contributed by atoms with Crippen LogP contribution in [-0.4, -0.2) is 18.9 Å². The van der Waals surface area contributed by atoms with Crippen LogP contribution < -0.4 is 0 Å². The van der Waals surface area contributed by atoms with E-state index >= 15 is 0 Å². The van der Waals surface area contributed by atoms with Gasteiger partial charge in [0.25, 0.3) is 0 Å². The normalized spacial score (nSPS) is 11.3. The highest BCUT2D eigenvalue weighted by Gasteiger charge is 2.18. The molecule has 0 unspecified atom stereocenters. The summed E-state index contributed by atoms with van der Waals surface area (Å²) >= 11 is 0. The molecule has 0 atom stereocenters. The van der Waals surface area contributed by atoms with Gasteiger partial charge in [0, 0.05) is 28.6 Å². The fraction of sp³-hybridized carbons (Fsp3) is 0. The summed E-state index contributed by atoms with van der Waals surface area (Å²) in [6.45, 7) is 0. The first-order chi connectivity index (χ1) is 26.8. The van der Waals surface area contributed by atoms with Crippen LogP contribution >= 0.6 is 0 Å². The van der Waals surface area contributed by atoms with E-state index in [0.717, 1.165) is 84.1 Å². The predicted molar refractivity (Wildman–Crippen MR) is 222 cm³/mol. The van der Waals surface area contributed by atoms with Crippen molar-refractivity contribution in [2.75, 3.05) is 0 Å². The molecule has 0 saturated heterocycles. The van der Waals surface area contributed by atoms with Crippen molar-refractivity contribution in [3.8, 4) is 73.0 Å². The Labute approximate surface area is 313 Å². The Morgan fingerprint density at radius 1 is 0.352 bits per heavy atom. The van der Waals surface area contributed by atoms with Gasteiger partial charge in [-0.1, -0.05) is 140 Å². The van der Waals surface area contributed by atoms with Crippen LogP contribution in [0.5, 0.6) is 0 Å². The van der Waals surface area contributed by atoms with Crippen LogP contribution in [0.3, 0.4) is 0 Å². The third-order valence-corrected chi connectivity index (χ3v) is 10.1. The summed E-state index contributed by atoms with van der Waals surface area (Å²) in [5.41, 5.74) is 16.2. The van der Waals surface area contributed by atoms with Gasteiger partial charge in [0.05, 0.1) is 22.4 Å². The van der Waals surface area contributed by atoms with Crippen molar-refractivity contribution in [2.45, 2.75) is 0 Å². The van der Waals surface area contributed by atoms with Crippen molar-refractivity contribution < 1.29 is 0 Å². The molecular weight excluding hydrogens is 657 g/mol. The molecule has 0 fully saturated rings. The lowest BCUT2D eigenvalue weighted by molar-refractivity contribution is 1.10. The van der Waals surface area contributed by atoms with E-state index in [9.17, 15) is 0 Å². The van der Waals surface area contributed by atoms with E-state index < -0.39 is 0 Å². The minimum absolute atomic E-state index is 0.922. The van der Waals surface area contributed by atoms with Gasteiger partial charge in [-0.25, -0.2) is 9.97 Å². The van der Waals surface area contributed by atoms with Gasteiger partial charge < -0.3 is 0 Å². The number of rotatable bonds is 7. The van der Waals surface area contributed by atoms with Crippen LogP contribution in [0.2, 0.25) is 0 Å². The summed E-state index contributed by atoms with van der Waals surface area (Å²) < 4.78 is 4.46. The molecule has 4 heteroatoms. The maximum Gasteiger partial charge on any atom is 0.145 e. The minimum Gasteiger partial charge on any atom is -0.299 e. The van der Waals surface area contributed by atoms with E-state index in [0.29, 0.717) is 0 Å². The molecule has 7 aromatic carbocycles. The number of hydrogen-bond acceptors (Lipinski definition) is 2. The summed E-state index contributed by atoms with van der Waals surface area (Å²) in [6.07, 6.45) is 2.09. The average Bonchev–Trinajstić information content (AvgIpc) is 3.84. The monoisotopic (exact) mass is 690 g/mol. The van der Waals surface area contributed by atoms with E-state index in [-0.39, 0.29) is 0 Å². The van der Waals surface area contributed by atoms with E-state index in [4.69, 9.17) is 9.97 Å². The van der Waals surface area contributed by atoms with Crippen LogP contribution in [0, 0.1) is 0 Å². The van der Waals surface area contributed by atoms with Gasteiger partial charge in [0.15, 0.2) is 0 Å². The van der Waals surface area contributed by atoms with Gasteiger partial charge in [-0.2, -0.15) is 0 Å². The van der Waals surface area contributed by atoms with Crippen molar-refractivity contribution in [2.24, 2.45) is 0 Å². The molecule has 254 valence electrons. The van der Waals surface area contributed by atoms with E-state index in [2.05, 4.69) is 203 Å². The number of nitrogens with zero attached hydrogens (tertiary/aromatic N) is 4. The number of pyridine rings is 1. The second-order valence-electron chi connectivity index (χ2n) is 13.5. The zero-order valence-electron chi connectivity index (χ0n) is 29.4. The summed E-state index contributed by atoms with van der Waals surface area (Å²) in [4.78, 5) is 10.3. The van der Waals surface area contributed by atoms with Gasteiger partial charge in [-0.05, 0) is 94.0 Å². The first-order valence-corrected chi connectivity index (χ1v) is 18.2. The zero-order chi connectivity index (χ0) is 35.8. The van der Waals surface area contributed by atoms with Gasteiger partial charge in [0.1, 0.15) is 11.5 Å². The maximum atomic E-state index is 5.17. The molecule has 10 aromatic rings. The Bertz CT molecular complexity index is 2910. The molecule has 0 saturated carbocycles. The predicted octanol–water partition coefficient (Wildman–Crippen LogP) is 12.7. The van der Waals surface area contributed by atoms with Crippen LogP contribution in [-0.2, 0) is 0 Å². The topological polar surface area (TPSA) is 35.1 Å². The van der Waals surface area contributed by atoms with Crippen LogP contribution in [0.4, 0.5) is 0 Å². The minimum atomic E-state index is 0.922. The number of fused-ring (bicyclic) bond motifs is 2. The summed E-state index contributed by atoms with van der Waals surface area (Å²) in [6, 6.07) is 70.7.